The molecule has 4 N–H and O–H groups in total. The largest absolute Gasteiger partial charge is 0.497 e. The summed E-state index contributed by atoms with van der Waals surface area (Å²) in [7, 11) is 2.65. The molecule has 1 unspecified atom stereocenters. The van der Waals surface area contributed by atoms with E-state index in [2.05, 4.69) is 16.0 Å². The number of aliphatic hydroxyl groups excluding tert-OH is 1. The van der Waals surface area contributed by atoms with E-state index >= 15 is 8.78 Å². The van der Waals surface area contributed by atoms with E-state index in [0.717, 1.165) is 67.0 Å². The number of benzene rings is 6. The lowest BCUT2D eigenvalue weighted by Crippen LogP contribution is -2.44. The fourth-order valence-electron chi connectivity index (χ4n) is 12.0. The van der Waals surface area contributed by atoms with Crippen LogP contribution in [-0.2, 0) is 34.7 Å². The second kappa shape index (κ2) is 30.4. The number of nitrogens with one attached hydrogen (secondary N) is 2. The lowest BCUT2D eigenvalue weighted by molar-refractivity contribution is -0.0950. The first-order chi connectivity index (χ1) is 44.7. The van der Waals surface area contributed by atoms with Gasteiger partial charge in [0.25, 0.3) is 11.1 Å². The van der Waals surface area contributed by atoms with Crippen molar-refractivity contribution in [3.63, 3.8) is 0 Å². The molecule has 8 aromatic rings. The number of alkyl halides is 2. The van der Waals surface area contributed by atoms with Crippen LogP contribution in [0.3, 0.4) is 0 Å². The Hall–Kier alpha value is -8.66. The topological polar surface area (TPSA) is 260 Å². The molecule has 0 bridgehead atoms. The Morgan fingerprint density at radius 2 is 0.892 bits per heavy atom. The number of aliphatic hydroxyl groups is 1. The number of hydrogen-bond acceptors (Lipinski definition) is 17. The molecule has 0 radical (unpaired) electrons. The Morgan fingerprint density at radius 3 is 1.24 bits per heavy atom. The molecule has 4 heterocycles. The third-order valence-electron chi connectivity index (χ3n) is 16.3. The molecule has 24 heteroatoms. The highest BCUT2D eigenvalue weighted by Gasteiger charge is 2.59. The molecule has 2 aromatic heterocycles. The number of rotatable bonds is 25. The van der Waals surface area contributed by atoms with E-state index in [1.807, 2.05) is 185 Å². The van der Waals surface area contributed by atoms with Crippen LogP contribution in [0.15, 0.2) is 201 Å². The molecular weight excluding hydrogens is 1220 g/mol. The fraction of sp³-hybridized carbons (Fsp3) is 0.348. The molecule has 6 aromatic carbocycles. The minimum atomic E-state index is -3.66. The number of hydrogen-bond donors (Lipinski definition) is 4. The van der Waals surface area contributed by atoms with Crippen molar-refractivity contribution < 1.29 is 61.2 Å². The molecule has 0 saturated carbocycles. The molecule has 10 rings (SSSR count). The SMILES string of the molecule is COc1ccc(C(OC[C@H]2O[C@@H](n3ccc(=O)[nH]c3=O)[C@H](F)[C@@H]2O)(c2ccccc2)c2ccc(OC)cc2)cc1.COc1ccc(C(OC[C@H]2O[C@@H](n3ccc(=O)[nH]c3=O)[C@H](F)[C@@H]2O[P+](O)(CCC#N)N(C(C)C)C(C)C)(c2ccccc2)c2ccc(OC)cc2)cc1. The van der Waals surface area contributed by atoms with Gasteiger partial charge in [-0.1, -0.05) is 109 Å². The number of nitriles is 1. The maximum atomic E-state index is 17.0. The second-order valence-electron chi connectivity index (χ2n) is 22.6. The zero-order valence-corrected chi connectivity index (χ0v) is 53.5. The number of H-pyrrole nitrogens is 2. The third kappa shape index (κ3) is 14.8. The Balaban J connectivity index is 0.000000228. The lowest BCUT2D eigenvalue weighted by atomic mass is 9.80. The van der Waals surface area contributed by atoms with Crippen LogP contribution in [0, 0.1) is 11.3 Å². The highest BCUT2D eigenvalue weighted by atomic mass is 31.2. The summed E-state index contributed by atoms with van der Waals surface area (Å²) >= 11 is 0. The van der Waals surface area contributed by atoms with Gasteiger partial charge in [-0.05, 0) is 110 Å². The standard InChI is InChI=1S/C39H46FN4O8P.C30H29FN2O7/c1-26(2)44(27(3)4)53(47,24-10-22-41)52-36-33(51-37(35(36)40)43-23-21-34(45)42-38(43)46)25-50-39(28-11-8-7-9-12-28,29-13-17-31(48-5)18-14-29)30-15-19-32(49-6)20-16-30;1-37-22-12-8-20(9-13-22)30(19-6-4-3-5-7-19,21-10-14-23(38-2)15-11-21)39-18-24-27(35)26(31)28(40-24)33-17-16-25(34)32-29(33)36/h7-9,11-21,23,26-27,33,35-37,47H,10,24-25H2,1-6H3;3-17,24,26-28,35H,18H2,1-2H3,(H,32,34,36)/p+1/t33-,35-,36-,37-,53?;24-,26-,27-,28-/m11/s1. The van der Waals surface area contributed by atoms with Crippen molar-refractivity contribution in [2.45, 2.75) is 107 Å². The van der Waals surface area contributed by atoms with Gasteiger partial charge in [0.1, 0.15) is 58.7 Å². The number of aromatic amines is 2. The van der Waals surface area contributed by atoms with Gasteiger partial charge in [-0.25, -0.2) is 23.3 Å². The molecule has 21 nitrogen and oxygen atoms in total. The van der Waals surface area contributed by atoms with Crippen LogP contribution < -0.4 is 41.4 Å². The summed E-state index contributed by atoms with van der Waals surface area (Å²) in [5.41, 5.74) is -1.03. The van der Waals surface area contributed by atoms with Crippen LogP contribution in [0.4, 0.5) is 8.78 Å². The number of aromatic nitrogens is 4. The summed E-state index contributed by atoms with van der Waals surface area (Å²) in [6.45, 7) is 7.04. The monoisotopic (exact) mass is 1300 g/mol. The van der Waals surface area contributed by atoms with Gasteiger partial charge in [-0.15, -0.1) is 4.67 Å². The Kier molecular flexibility index (Phi) is 22.5. The van der Waals surface area contributed by atoms with Gasteiger partial charge >= 0.3 is 19.2 Å². The summed E-state index contributed by atoms with van der Waals surface area (Å²) < 4.78 is 89.9. The quantitative estimate of drug-likeness (QED) is 0.0307. The average Bonchev–Trinajstić information content (AvgIpc) is 1.51. The lowest BCUT2D eigenvalue weighted by Gasteiger charge is -2.38. The van der Waals surface area contributed by atoms with Crippen molar-refractivity contribution in [2.24, 2.45) is 0 Å². The fourth-order valence-corrected chi connectivity index (χ4v) is 14.9. The van der Waals surface area contributed by atoms with E-state index in [4.69, 9.17) is 42.4 Å². The minimum Gasteiger partial charge on any atom is -0.497 e. The highest BCUT2D eigenvalue weighted by molar-refractivity contribution is 7.63. The third-order valence-corrected chi connectivity index (χ3v) is 19.3. The molecule has 0 aliphatic carbocycles. The van der Waals surface area contributed by atoms with Crippen molar-refractivity contribution in [1.82, 2.24) is 23.8 Å². The molecule has 2 fully saturated rings. The molecule has 2 aliphatic rings. The highest BCUT2D eigenvalue weighted by Crippen LogP contribution is 2.64. The van der Waals surface area contributed by atoms with E-state index in [0.29, 0.717) is 23.0 Å². The van der Waals surface area contributed by atoms with E-state index in [9.17, 15) is 34.4 Å². The molecule has 0 amide bonds. The maximum Gasteiger partial charge on any atom is 0.347 e. The minimum absolute atomic E-state index is 0.0409. The molecule has 490 valence electrons. The molecule has 93 heavy (non-hydrogen) atoms. The molecule has 0 spiro atoms. The van der Waals surface area contributed by atoms with Crippen molar-refractivity contribution in [3.05, 3.63) is 257 Å². The Bertz CT molecular complexity index is 3900. The summed E-state index contributed by atoms with van der Waals surface area (Å²) in [6, 6.07) is 52.4. The van der Waals surface area contributed by atoms with E-state index in [1.165, 1.54) is 0 Å². The van der Waals surface area contributed by atoms with Crippen LogP contribution in [0.1, 0.15) is 80.0 Å². The first-order valence-corrected chi connectivity index (χ1v) is 31.9. The molecular formula is C69H76F2N6O15P+. The van der Waals surface area contributed by atoms with E-state index in [1.54, 1.807) is 33.1 Å². The van der Waals surface area contributed by atoms with Gasteiger partial charge in [0, 0.05) is 36.6 Å². The number of ether oxygens (including phenoxy) is 8. The Labute approximate surface area is 536 Å². The average molecular weight is 1300 g/mol. The van der Waals surface area contributed by atoms with Crippen molar-refractivity contribution in [3.8, 4) is 29.1 Å². The first kappa shape index (κ1) is 68.7. The van der Waals surface area contributed by atoms with Crippen molar-refractivity contribution in [1.29, 1.82) is 5.26 Å². The zero-order chi connectivity index (χ0) is 66.6. The first-order valence-electron chi connectivity index (χ1n) is 30.1. The zero-order valence-electron chi connectivity index (χ0n) is 52.6. The molecule has 9 atom stereocenters. The molecule has 2 saturated heterocycles. The van der Waals surface area contributed by atoms with E-state index in [-0.39, 0.29) is 37.9 Å². The normalized spacial score (nSPS) is 20.4. The number of halogens is 2. The van der Waals surface area contributed by atoms with Crippen LogP contribution in [0.2, 0.25) is 0 Å². The van der Waals surface area contributed by atoms with Gasteiger partial charge in [0.2, 0.25) is 0 Å². The summed E-state index contributed by atoms with van der Waals surface area (Å²) in [5.74, 6) is 2.58. The van der Waals surface area contributed by atoms with Gasteiger partial charge in [0.05, 0.1) is 54.1 Å². The summed E-state index contributed by atoms with van der Waals surface area (Å²) in [6.07, 6.45) is -10.1. The predicted molar refractivity (Wildman–Crippen MR) is 344 cm³/mol. The number of nitrogens with zero attached hydrogens (tertiary/aromatic N) is 4. The second-order valence-corrected chi connectivity index (χ2v) is 25.1. The van der Waals surface area contributed by atoms with Crippen LogP contribution >= 0.6 is 7.87 Å². The van der Waals surface area contributed by atoms with Crippen molar-refractivity contribution in [2.75, 3.05) is 47.8 Å². The summed E-state index contributed by atoms with van der Waals surface area (Å²) in [5, 5.41) is 20.3. The number of methoxy groups -OCH3 is 4. The summed E-state index contributed by atoms with van der Waals surface area (Å²) in [4.78, 5) is 65.2. The maximum absolute atomic E-state index is 17.0. The van der Waals surface area contributed by atoms with Gasteiger partial charge < -0.3 is 43.0 Å². The van der Waals surface area contributed by atoms with Crippen LogP contribution in [0.5, 0.6) is 23.0 Å². The smallest absolute Gasteiger partial charge is 0.347 e. The van der Waals surface area contributed by atoms with Crippen LogP contribution in [-0.4, -0.2) is 130 Å². The van der Waals surface area contributed by atoms with Gasteiger partial charge in [-0.3, -0.25) is 28.7 Å². The van der Waals surface area contributed by atoms with Crippen molar-refractivity contribution >= 4 is 7.87 Å². The Morgan fingerprint density at radius 1 is 0.548 bits per heavy atom. The molecule has 2 aliphatic heterocycles. The predicted octanol–water partition coefficient (Wildman–Crippen LogP) is 9.13. The van der Waals surface area contributed by atoms with Gasteiger partial charge in [0.15, 0.2) is 30.9 Å². The van der Waals surface area contributed by atoms with Crippen LogP contribution in [0.25, 0.3) is 0 Å². The van der Waals surface area contributed by atoms with E-state index < -0.39 is 90.8 Å². The van der Waals surface area contributed by atoms with Gasteiger partial charge in [-0.2, -0.15) is 9.79 Å².